The predicted octanol–water partition coefficient (Wildman–Crippen LogP) is 5.84. The molecule has 0 radical (unpaired) electrons. The van der Waals surface area contributed by atoms with Crippen LogP contribution in [0.1, 0.15) is 58.4 Å². The SMILES string of the molecule is CCCCCCC(C)(C)SC(=S)c1ccccc1. The minimum atomic E-state index is 0.251. The maximum Gasteiger partial charge on any atom is 0.0783 e. The van der Waals surface area contributed by atoms with Gasteiger partial charge in [-0.2, -0.15) is 0 Å². The van der Waals surface area contributed by atoms with E-state index in [9.17, 15) is 0 Å². The van der Waals surface area contributed by atoms with Crippen molar-refractivity contribution in [3.63, 3.8) is 0 Å². The third-order valence-corrected chi connectivity index (χ3v) is 4.67. The minimum Gasteiger partial charge on any atom is -0.108 e. The van der Waals surface area contributed by atoms with Crippen LogP contribution in [0.5, 0.6) is 0 Å². The lowest BCUT2D eigenvalue weighted by molar-refractivity contribution is 0.561. The van der Waals surface area contributed by atoms with E-state index in [2.05, 4.69) is 45.0 Å². The Hall–Kier alpha value is -0.340. The Kier molecular flexibility index (Phi) is 6.95. The maximum atomic E-state index is 5.53. The predicted molar refractivity (Wildman–Crippen MR) is 88.6 cm³/mol. The Balaban J connectivity index is 2.42. The molecule has 0 atom stereocenters. The zero-order chi connectivity index (χ0) is 13.4. The lowest BCUT2D eigenvalue weighted by Gasteiger charge is -2.24. The molecule has 1 aromatic carbocycles. The fourth-order valence-electron chi connectivity index (χ4n) is 1.91. The van der Waals surface area contributed by atoms with Crippen LogP contribution in [0.25, 0.3) is 0 Å². The van der Waals surface area contributed by atoms with Crippen molar-refractivity contribution in [1.29, 1.82) is 0 Å². The van der Waals surface area contributed by atoms with Crippen LogP contribution >= 0.6 is 24.0 Å². The smallest absolute Gasteiger partial charge is 0.0783 e. The van der Waals surface area contributed by atoms with Gasteiger partial charge in [0.15, 0.2) is 0 Å². The first-order valence-electron chi connectivity index (χ1n) is 6.83. The van der Waals surface area contributed by atoms with E-state index in [1.807, 2.05) is 17.8 Å². The molecular weight excluding hydrogens is 256 g/mol. The van der Waals surface area contributed by atoms with Crippen LogP contribution in [0, 0.1) is 0 Å². The second kappa shape index (κ2) is 7.96. The number of benzene rings is 1. The van der Waals surface area contributed by atoms with Gasteiger partial charge >= 0.3 is 0 Å². The van der Waals surface area contributed by atoms with Crippen LogP contribution in [0.3, 0.4) is 0 Å². The molecule has 0 aliphatic carbocycles. The van der Waals surface area contributed by atoms with E-state index >= 15 is 0 Å². The fourth-order valence-corrected chi connectivity index (χ4v) is 3.73. The van der Waals surface area contributed by atoms with Gasteiger partial charge in [-0.3, -0.25) is 0 Å². The summed E-state index contributed by atoms with van der Waals surface area (Å²) in [5, 5.41) is 0. The summed E-state index contributed by atoms with van der Waals surface area (Å²) < 4.78 is 1.27. The van der Waals surface area contributed by atoms with Gasteiger partial charge in [0.1, 0.15) is 0 Å². The molecule has 0 fully saturated rings. The Morgan fingerprint density at radius 2 is 1.78 bits per heavy atom. The second-order valence-corrected chi connectivity index (χ2v) is 7.71. The van der Waals surface area contributed by atoms with Crippen molar-refractivity contribution in [2.75, 3.05) is 0 Å². The fraction of sp³-hybridized carbons (Fsp3) is 0.562. The highest BCUT2D eigenvalue weighted by Gasteiger charge is 2.20. The lowest BCUT2D eigenvalue weighted by atomic mass is 10.0. The van der Waals surface area contributed by atoms with E-state index in [1.165, 1.54) is 37.7 Å². The van der Waals surface area contributed by atoms with Crippen molar-refractivity contribution < 1.29 is 0 Å². The molecule has 1 rings (SSSR count). The first-order chi connectivity index (χ1) is 8.55. The largest absolute Gasteiger partial charge is 0.108 e. The average Bonchev–Trinajstić information content (AvgIpc) is 2.35. The number of hydrogen-bond donors (Lipinski definition) is 0. The van der Waals surface area contributed by atoms with Gasteiger partial charge < -0.3 is 0 Å². The Morgan fingerprint density at radius 3 is 2.39 bits per heavy atom. The second-order valence-electron chi connectivity index (χ2n) is 5.33. The van der Waals surface area contributed by atoms with Crippen LogP contribution in [0.15, 0.2) is 30.3 Å². The molecule has 0 bridgehead atoms. The molecule has 0 aromatic heterocycles. The summed E-state index contributed by atoms with van der Waals surface area (Å²) in [5.74, 6) is 0. The summed E-state index contributed by atoms with van der Waals surface area (Å²) in [7, 11) is 0. The molecule has 0 nitrogen and oxygen atoms in total. The summed E-state index contributed by atoms with van der Waals surface area (Å²) in [6, 6.07) is 10.3. The van der Waals surface area contributed by atoms with E-state index in [4.69, 9.17) is 12.2 Å². The molecule has 0 aliphatic rings. The van der Waals surface area contributed by atoms with Crippen LogP contribution in [0.2, 0.25) is 0 Å². The number of rotatable bonds is 7. The number of thiocarbonyl (C=S) groups is 1. The van der Waals surface area contributed by atoms with Crippen LogP contribution in [-0.4, -0.2) is 8.94 Å². The van der Waals surface area contributed by atoms with Gasteiger partial charge in [-0.1, -0.05) is 89.0 Å². The molecule has 0 aliphatic heterocycles. The molecule has 0 heterocycles. The number of unbranched alkanes of at least 4 members (excludes halogenated alkanes) is 3. The zero-order valence-corrected chi connectivity index (χ0v) is 13.4. The van der Waals surface area contributed by atoms with Gasteiger partial charge in [0.05, 0.1) is 4.20 Å². The highest BCUT2D eigenvalue weighted by Crippen LogP contribution is 2.33. The molecule has 2 heteroatoms. The summed E-state index contributed by atoms with van der Waals surface area (Å²) in [4.78, 5) is 0. The molecular formula is C16H24S2. The van der Waals surface area contributed by atoms with E-state index < -0.39 is 0 Å². The van der Waals surface area contributed by atoms with Crippen molar-refractivity contribution in [3.05, 3.63) is 35.9 Å². The van der Waals surface area contributed by atoms with E-state index in [1.54, 1.807) is 0 Å². The topological polar surface area (TPSA) is 0 Å². The molecule has 0 N–H and O–H groups in total. The first-order valence-corrected chi connectivity index (χ1v) is 8.06. The molecule has 18 heavy (non-hydrogen) atoms. The highest BCUT2D eigenvalue weighted by molar-refractivity contribution is 8.24. The third-order valence-electron chi connectivity index (χ3n) is 3.01. The normalized spacial score (nSPS) is 11.5. The molecule has 0 amide bonds. The van der Waals surface area contributed by atoms with Crippen molar-refractivity contribution in [1.82, 2.24) is 0 Å². The zero-order valence-electron chi connectivity index (χ0n) is 11.7. The third kappa shape index (κ3) is 6.01. The van der Waals surface area contributed by atoms with Crippen LogP contribution in [0.4, 0.5) is 0 Å². The lowest BCUT2D eigenvalue weighted by Crippen LogP contribution is -2.17. The van der Waals surface area contributed by atoms with Crippen molar-refractivity contribution in [3.8, 4) is 0 Å². The van der Waals surface area contributed by atoms with Gasteiger partial charge in [0.2, 0.25) is 0 Å². The maximum absolute atomic E-state index is 5.53. The Bertz CT molecular complexity index is 355. The summed E-state index contributed by atoms with van der Waals surface area (Å²) in [6.45, 7) is 6.86. The van der Waals surface area contributed by atoms with Gasteiger partial charge in [-0.05, 0) is 12.0 Å². The van der Waals surface area contributed by atoms with E-state index in [-0.39, 0.29) is 4.75 Å². The highest BCUT2D eigenvalue weighted by atomic mass is 32.2. The van der Waals surface area contributed by atoms with Crippen molar-refractivity contribution >= 4 is 28.2 Å². The molecule has 0 unspecified atom stereocenters. The van der Waals surface area contributed by atoms with E-state index in [0.29, 0.717) is 0 Å². The van der Waals surface area contributed by atoms with Crippen LogP contribution in [-0.2, 0) is 0 Å². The molecule has 0 saturated carbocycles. The number of thioether (sulfide) groups is 1. The van der Waals surface area contributed by atoms with Gasteiger partial charge in [0.25, 0.3) is 0 Å². The van der Waals surface area contributed by atoms with Gasteiger partial charge in [0, 0.05) is 4.75 Å². The van der Waals surface area contributed by atoms with Crippen molar-refractivity contribution in [2.45, 2.75) is 57.6 Å². The van der Waals surface area contributed by atoms with E-state index in [0.717, 1.165) is 4.20 Å². The van der Waals surface area contributed by atoms with Gasteiger partial charge in [-0.25, -0.2) is 0 Å². The van der Waals surface area contributed by atoms with Crippen LogP contribution < -0.4 is 0 Å². The average molecular weight is 281 g/mol. The summed E-state index contributed by atoms with van der Waals surface area (Å²) in [6.07, 6.45) is 6.55. The summed E-state index contributed by atoms with van der Waals surface area (Å²) >= 11 is 7.38. The molecule has 1 aromatic rings. The van der Waals surface area contributed by atoms with Crippen molar-refractivity contribution in [2.24, 2.45) is 0 Å². The quantitative estimate of drug-likeness (QED) is 0.454. The van der Waals surface area contributed by atoms with Gasteiger partial charge in [-0.15, -0.1) is 11.8 Å². The Morgan fingerprint density at radius 1 is 1.11 bits per heavy atom. The molecule has 0 saturated heterocycles. The molecule has 100 valence electrons. The minimum absolute atomic E-state index is 0.251. The molecule has 0 spiro atoms. The Labute approximate surface area is 122 Å². The first kappa shape index (κ1) is 15.7. The monoisotopic (exact) mass is 280 g/mol. The summed E-state index contributed by atoms with van der Waals surface area (Å²) in [5.41, 5.74) is 1.18. The standard InChI is InChI=1S/C16H24S2/c1-4-5-6-10-13-16(2,3)18-15(17)14-11-8-7-9-12-14/h7-9,11-12H,4-6,10,13H2,1-3H3. The number of hydrogen-bond acceptors (Lipinski definition) is 2.